The van der Waals surface area contributed by atoms with Gasteiger partial charge in [0.05, 0.1) is 17.7 Å². The molecule has 1 fully saturated rings. The zero-order valence-corrected chi connectivity index (χ0v) is 14.4. The van der Waals surface area contributed by atoms with Crippen LogP contribution in [0.15, 0.2) is 42.6 Å². The van der Waals surface area contributed by atoms with Crippen LogP contribution >= 0.6 is 0 Å². The lowest BCUT2D eigenvalue weighted by molar-refractivity contribution is -0.136. The zero-order valence-electron chi connectivity index (χ0n) is 14.4. The summed E-state index contributed by atoms with van der Waals surface area (Å²) in [6.07, 6.45) is 2.85. The monoisotopic (exact) mass is 359 g/mol. The van der Waals surface area contributed by atoms with Gasteiger partial charge in [-0.3, -0.25) is 9.78 Å². The van der Waals surface area contributed by atoms with Crippen LogP contribution in [0.5, 0.6) is 11.5 Å². The molecular formula is C19H22FN3O3. The van der Waals surface area contributed by atoms with Crippen LogP contribution in [0.4, 0.5) is 4.39 Å². The fourth-order valence-corrected chi connectivity index (χ4v) is 2.90. The minimum absolute atomic E-state index is 0.0741. The summed E-state index contributed by atoms with van der Waals surface area (Å²) >= 11 is 0. The number of carbonyl (C=O) groups is 1. The van der Waals surface area contributed by atoms with E-state index in [2.05, 4.69) is 10.3 Å². The van der Waals surface area contributed by atoms with E-state index < -0.39 is 5.41 Å². The van der Waals surface area contributed by atoms with E-state index >= 15 is 0 Å². The van der Waals surface area contributed by atoms with Crippen LogP contribution < -0.4 is 15.8 Å². The molecule has 0 radical (unpaired) electrons. The number of nitrogens with zero attached hydrogens (tertiary/aromatic N) is 1. The Labute approximate surface area is 151 Å². The van der Waals surface area contributed by atoms with Gasteiger partial charge in [0.1, 0.15) is 17.3 Å². The van der Waals surface area contributed by atoms with Crippen molar-refractivity contribution >= 4 is 5.91 Å². The fourth-order valence-electron chi connectivity index (χ4n) is 2.90. The standard InChI is InChI=1S/C19H22FN3O3/c20-14-1-3-16(4-2-14)26-17-5-8-22-15(11-17)12-23-18(24)19(13-21)6-9-25-10-7-19/h1-5,8,11H,6-7,9-10,12-13,21H2,(H,23,24). The van der Waals surface area contributed by atoms with Crippen LogP contribution in [0.25, 0.3) is 0 Å². The van der Waals surface area contributed by atoms with Gasteiger partial charge in [-0.2, -0.15) is 0 Å². The summed E-state index contributed by atoms with van der Waals surface area (Å²) in [5.41, 5.74) is 5.95. The fraction of sp³-hybridized carbons (Fsp3) is 0.368. The van der Waals surface area contributed by atoms with E-state index in [0.29, 0.717) is 49.8 Å². The SMILES string of the molecule is NCC1(C(=O)NCc2cc(Oc3ccc(F)cc3)ccn2)CCOCC1. The Kier molecular flexibility index (Phi) is 5.80. The van der Waals surface area contributed by atoms with Gasteiger partial charge in [0, 0.05) is 32.0 Å². The van der Waals surface area contributed by atoms with Crippen molar-refractivity contribution in [3.05, 3.63) is 54.1 Å². The second-order valence-electron chi connectivity index (χ2n) is 6.32. The minimum atomic E-state index is -0.569. The van der Waals surface area contributed by atoms with Gasteiger partial charge in [-0.25, -0.2) is 4.39 Å². The quantitative estimate of drug-likeness (QED) is 0.827. The van der Waals surface area contributed by atoms with E-state index in [1.165, 1.54) is 12.1 Å². The van der Waals surface area contributed by atoms with Crippen LogP contribution in [-0.4, -0.2) is 30.6 Å². The molecule has 0 atom stereocenters. The predicted molar refractivity (Wildman–Crippen MR) is 94.1 cm³/mol. The van der Waals surface area contributed by atoms with E-state index in [4.69, 9.17) is 15.2 Å². The molecule has 0 unspecified atom stereocenters. The molecule has 0 spiro atoms. The average Bonchev–Trinajstić information content (AvgIpc) is 2.69. The molecule has 1 aliphatic rings. The van der Waals surface area contributed by atoms with E-state index in [-0.39, 0.29) is 18.3 Å². The van der Waals surface area contributed by atoms with Crippen LogP contribution in [-0.2, 0) is 16.1 Å². The predicted octanol–water partition coefficient (Wildman–Crippen LogP) is 2.38. The molecule has 3 rings (SSSR count). The van der Waals surface area contributed by atoms with E-state index in [9.17, 15) is 9.18 Å². The number of aromatic nitrogens is 1. The van der Waals surface area contributed by atoms with Crippen LogP contribution in [0.3, 0.4) is 0 Å². The molecule has 1 saturated heterocycles. The van der Waals surface area contributed by atoms with E-state index in [1.54, 1.807) is 30.5 Å². The number of halogens is 1. The second-order valence-corrected chi connectivity index (χ2v) is 6.32. The lowest BCUT2D eigenvalue weighted by atomic mass is 9.79. The molecule has 0 aliphatic carbocycles. The van der Waals surface area contributed by atoms with Gasteiger partial charge in [0.15, 0.2) is 0 Å². The van der Waals surface area contributed by atoms with Gasteiger partial charge in [-0.15, -0.1) is 0 Å². The number of nitrogens with two attached hydrogens (primary N) is 1. The van der Waals surface area contributed by atoms with Crippen LogP contribution in [0, 0.1) is 11.2 Å². The van der Waals surface area contributed by atoms with Crippen molar-refractivity contribution in [1.82, 2.24) is 10.3 Å². The molecule has 1 aromatic heterocycles. The Hall–Kier alpha value is -2.51. The molecule has 3 N–H and O–H groups in total. The lowest BCUT2D eigenvalue weighted by Crippen LogP contribution is -2.49. The maximum absolute atomic E-state index is 13.0. The number of hydrogen-bond acceptors (Lipinski definition) is 5. The molecule has 2 aromatic rings. The molecule has 26 heavy (non-hydrogen) atoms. The maximum Gasteiger partial charge on any atom is 0.227 e. The van der Waals surface area contributed by atoms with E-state index in [1.807, 2.05) is 0 Å². The summed E-state index contributed by atoms with van der Waals surface area (Å²) in [6.45, 7) is 1.67. The Bertz CT molecular complexity index is 746. The highest BCUT2D eigenvalue weighted by Crippen LogP contribution is 2.29. The Balaban J connectivity index is 1.61. The van der Waals surface area contributed by atoms with Gasteiger partial charge in [0.2, 0.25) is 5.91 Å². The van der Waals surface area contributed by atoms with Crippen molar-refractivity contribution in [1.29, 1.82) is 0 Å². The summed E-state index contributed by atoms with van der Waals surface area (Å²) in [5.74, 6) is 0.694. The van der Waals surface area contributed by atoms with E-state index in [0.717, 1.165) is 0 Å². The molecule has 1 aromatic carbocycles. The normalized spacial score (nSPS) is 16.1. The van der Waals surface area contributed by atoms with Crippen LogP contribution in [0.1, 0.15) is 18.5 Å². The van der Waals surface area contributed by atoms with Gasteiger partial charge in [0.25, 0.3) is 0 Å². The molecule has 138 valence electrons. The molecule has 1 aliphatic heterocycles. The van der Waals surface area contributed by atoms with Crippen molar-refractivity contribution in [3.63, 3.8) is 0 Å². The smallest absolute Gasteiger partial charge is 0.227 e. The zero-order chi connectivity index (χ0) is 18.4. The highest BCUT2D eigenvalue weighted by Gasteiger charge is 2.38. The first-order chi connectivity index (χ1) is 12.6. The highest BCUT2D eigenvalue weighted by molar-refractivity contribution is 5.83. The van der Waals surface area contributed by atoms with Crippen molar-refractivity contribution in [3.8, 4) is 11.5 Å². The number of pyridine rings is 1. The first kappa shape index (κ1) is 18.3. The number of benzene rings is 1. The Morgan fingerprint density at radius 1 is 1.23 bits per heavy atom. The first-order valence-electron chi connectivity index (χ1n) is 8.56. The third-order valence-corrected chi connectivity index (χ3v) is 4.59. The number of rotatable bonds is 6. The van der Waals surface area contributed by atoms with Crippen molar-refractivity contribution < 1.29 is 18.7 Å². The molecule has 2 heterocycles. The summed E-state index contributed by atoms with van der Waals surface area (Å²) in [5, 5.41) is 2.92. The molecule has 0 saturated carbocycles. The largest absolute Gasteiger partial charge is 0.457 e. The van der Waals surface area contributed by atoms with Crippen LogP contribution in [0.2, 0.25) is 0 Å². The van der Waals surface area contributed by atoms with Gasteiger partial charge in [-0.05, 0) is 43.2 Å². The molecular weight excluding hydrogens is 337 g/mol. The molecule has 1 amide bonds. The minimum Gasteiger partial charge on any atom is -0.457 e. The Morgan fingerprint density at radius 3 is 2.65 bits per heavy atom. The number of amides is 1. The lowest BCUT2D eigenvalue weighted by Gasteiger charge is -2.34. The van der Waals surface area contributed by atoms with Gasteiger partial charge in [-0.1, -0.05) is 0 Å². The maximum atomic E-state index is 13.0. The number of carbonyl (C=O) groups excluding carboxylic acids is 1. The number of hydrogen-bond donors (Lipinski definition) is 2. The van der Waals surface area contributed by atoms with Gasteiger partial charge < -0.3 is 20.5 Å². The topological polar surface area (TPSA) is 86.5 Å². The molecule has 6 nitrogen and oxygen atoms in total. The van der Waals surface area contributed by atoms with Gasteiger partial charge >= 0.3 is 0 Å². The summed E-state index contributed by atoms with van der Waals surface area (Å²) in [4.78, 5) is 16.8. The summed E-state index contributed by atoms with van der Waals surface area (Å²) in [6, 6.07) is 9.20. The second kappa shape index (κ2) is 8.25. The summed E-state index contributed by atoms with van der Waals surface area (Å²) < 4.78 is 24.0. The van der Waals surface area contributed by atoms with Crippen molar-refractivity contribution in [2.24, 2.45) is 11.1 Å². The van der Waals surface area contributed by atoms with Crippen molar-refractivity contribution in [2.75, 3.05) is 19.8 Å². The third kappa shape index (κ3) is 4.36. The molecule has 7 heteroatoms. The first-order valence-corrected chi connectivity index (χ1v) is 8.56. The summed E-state index contributed by atoms with van der Waals surface area (Å²) in [7, 11) is 0. The third-order valence-electron chi connectivity index (χ3n) is 4.59. The average molecular weight is 359 g/mol. The van der Waals surface area contributed by atoms with Crippen molar-refractivity contribution in [2.45, 2.75) is 19.4 Å². The number of ether oxygens (including phenoxy) is 2. The Morgan fingerprint density at radius 2 is 1.96 bits per heavy atom. The number of nitrogens with one attached hydrogen (secondary N) is 1. The highest BCUT2D eigenvalue weighted by atomic mass is 19.1. The molecule has 0 bridgehead atoms.